The van der Waals surface area contributed by atoms with Gasteiger partial charge in [0.15, 0.2) is 0 Å². The molecule has 0 unspecified atom stereocenters. The third kappa shape index (κ3) is 5.64. The van der Waals surface area contributed by atoms with Crippen molar-refractivity contribution in [3.8, 4) is 11.5 Å². The van der Waals surface area contributed by atoms with Crippen molar-refractivity contribution in [1.29, 1.82) is 0 Å². The first-order valence-corrected chi connectivity index (χ1v) is 11.3. The molecule has 1 aromatic carbocycles. The summed E-state index contributed by atoms with van der Waals surface area (Å²) in [6.45, 7) is 2.05. The Bertz CT molecular complexity index is 820. The van der Waals surface area contributed by atoms with E-state index in [1.54, 1.807) is 25.1 Å². The summed E-state index contributed by atoms with van der Waals surface area (Å²) in [5, 5.41) is 2.86. The molecule has 1 aliphatic rings. The minimum Gasteiger partial charge on any atom is -0.497 e. The number of nitrogens with zero attached hydrogens (tertiary/aromatic N) is 1. The lowest BCUT2D eigenvalue weighted by Gasteiger charge is -2.29. The number of methoxy groups -OCH3 is 2. The second kappa shape index (κ2) is 9.82. The lowest BCUT2D eigenvalue weighted by atomic mass is 9.97. The number of ether oxygens (including phenoxy) is 2. The fraction of sp³-hybridized carbons (Fsp3) is 0.550. The number of allylic oxidation sites excluding steroid dienone is 1. The number of benzene rings is 1. The standard InChI is InChI=1S/C20H30N2O5S/c1-15(20(23)21-13-12-16-8-6-5-7-9-16)22(28(4,24)25)18-14-17(26-2)10-11-19(18)27-3/h8,10-11,14-15H,5-7,9,12-13H2,1-4H3,(H,21,23)/t15-/m1/s1. The number of amides is 1. The van der Waals surface area contributed by atoms with Crippen molar-refractivity contribution in [2.45, 2.75) is 45.1 Å². The van der Waals surface area contributed by atoms with Crippen LogP contribution in [0.15, 0.2) is 29.8 Å². The molecule has 0 radical (unpaired) electrons. The monoisotopic (exact) mass is 410 g/mol. The lowest BCUT2D eigenvalue weighted by Crippen LogP contribution is -2.48. The van der Waals surface area contributed by atoms with Gasteiger partial charge in [0, 0.05) is 12.6 Å². The van der Waals surface area contributed by atoms with Gasteiger partial charge in [0.2, 0.25) is 15.9 Å². The number of nitrogens with one attached hydrogen (secondary N) is 1. The second-order valence-corrected chi connectivity index (χ2v) is 8.78. The molecule has 0 aliphatic heterocycles. The minimum absolute atomic E-state index is 0.266. The van der Waals surface area contributed by atoms with Crippen LogP contribution in [0, 0.1) is 0 Å². The van der Waals surface area contributed by atoms with E-state index in [0.29, 0.717) is 18.0 Å². The van der Waals surface area contributed by atoms with E-state index in [9.17, 15) is 13.2 Å². The molecule has 156 valence electrons. The van der Waals surface area contributed by atoms with Crippen LogP contribution in [0.4, 0.5) is 5.69 Å². The molecule has 1 atom stereocenters. The van der Waals surface area contributed by atoms with Gasteiger partial charge in [0.25, 0.3) is 0 Å². The summed E-state index contributed by atoms with van der Waals surface area (Å²) in [6.07, 6.45) is 8.68. The molecule has 1 aromatic rings. The smallest absolute Gasteiger partial charge is 0.243 e. The molecule has 0 heterocycles. The number of anilines is 1. The molecular weight excluding hydrogens is 380 g/mol. The maximum Gasteiger partial charge on any atom is 0.243 e. The molecule has 7 nitrogen and oxygen atoms in total. The van der Waals surface area contributed by atoms with E-state index in [2.05, 4.69) is 11.4 Å². The summed E-state index contributed by atoms with van der Waals surface area (Å²) in [5.74, 6) is 0.464. The van der Waals surface area contributed by atoms with Crippen molar-refractivity contribution in [3.05, 3.63) is 29.8 Å². The van der Waals surface area contributed by atoms with Gasteiger partial charge in [-0.1, -0.05) is 11.6 Å². The Morgan fingerprint density at radius 3 is 2.57 bits per heavy atom. The predicted molar refractivity (Wildman–Crippen MR) is 111 cm³/mol. The maximum absolute atomic E-state index is 12.7. The van der Waals surface area contributed by atoms with Gasteiger partial charge in [-0.25, -0.2) is 8.42 Å². The van der Waals surface area contributed by atoms with Crippen molar-refractivity contribution in [1.82, 2.24) is 5.32 Å². The van der Waals surface area contributed by atoms with Gasteiger partial charge in [-0.15, -0.1) is 0 Å². The normalized spacial score (nSPS) is 15.4. The molecule has 0 saturated carbocycles. The summed E-state index contributed by atoms with van der Waals surface area (Å²) in [5.41, 5.74) is 1.62. The Kier molecular flexibility index (Phi) is 7.74. The van der Waals surface area contributed by atoms with Crippen LogP contribution in [0.25, 0.3) is 0 Å². The summed E-state index contributed by atoms with van der Waals surface area (Å²) in [7, 11) is -0.794. The third-order valence-corrected chi connectivity index (χ3v) is 6.07. The largest absolute Gasteiger partial charge is 0.497 e. The van der Waals surface area contributed by atoms with Gasteiger partial charge < -0.3 is 14.8 Å². The van der Waals surface area contributed by atoms with Gasteiger partial charge in [0.1, 0.15) is 17.5 Å². The van der Waals surface area contributed by atoms with E-state index >= 15 is 0 Å². The molecule has 1 aliphatic carbocycles. The molecule has 0 aromatic heterocycles. The number of sulfonamides is 1. The number of carbonyl (C=O) groups excluding carboxylic acids is 1. The molecule has 1 amide bonds. The molecular formula is C20H30N2O5S. The average molecular weight is 411 g/mol. The van der Waals surface area contributed by atoms with Gasteiger partial charge in [-0.2, -0.15) is 0 Å². The van der Waals surface area contributed by atoms with Crippen LogP contribution in [0.5, 0.6) is 11.5 Å². The van der Waals surface area contributed by atoms with Crippen LogP contribution in [0.2, 0.25) is 0 Å². The molecule has 0 fully saturated rings. The molecule has 0 saturated heterocycles. The van der Waals surface area contributed by atoms with Crippen molar-refractivity contribution < 1.29 is 22.7 Å². The van der Waals surface area contributed by atoms with Crippen LogP contribution in [0.3, 0.4) is 0 Å². The van der Waals surface area contributed by atoms with Crippen LogP contribution in [0.1, 0.15) is 39.0 Å². The first kappa shape index (κ1) is 22.1. The quantitative estimate of drug-likeness (QED) is 0.633. The van der Waals surface area contributed by atoms with E-state index < -0.39 is 16.1 Å². The van der Waals surface area contributed by atoms with E-state index in [4.69, 9.17) is 9.47 Å². The molecule has 1 N–H and O–H groups in total. The van der Waals surface area contributed by atoms with Gasteiger partial charge in [-0.05, 0) is 51.2 Å². The number of hydrogen-bond acceptors (Lipinski definition) is 5. The topological polar surface area (TPSA) is 84.9 Å². The molecule has 8 heteroatoms. The highest BCUT2D eigenvalue weighted by Crippen LogP contribution is 2.35. The van der Waals surface area contributed by atoms with Crippen LogP contribution >= 0.6 is 0 Å². The predicted octanol–water partition coefficient (Wildman–Crippen LogP) is 2.87. The van der Waals surface area contributed by atoms with Gasteiger partial charge >= 0.3 is 0 Å². The van der Waals surface area contributed by atoms with Crippen molar-refractivity contribution in [2.24, 2.45) is 0 Å². The lowest BCUT2D eigenvalue weighted by molar-refractivity contribution is -0.121. The van der Waals surface area contributed by atoms with E-state index in [1.807, 2.05) is 0 Å². The second-order valence-electron chi connectivity index (χ2n) is 6.92. The zero-order chi connectivity index (χ0) is 20.7. The van der Waals surface area contributed by atoms with Crippen LogP contribution in [-0.4, -0.2) is 47.4 Å². The van der Waals surface area contributed by atoms with Crippen LogP contribution < -0.4 is 19.1 Å². The Balaban J connectivity index is 2.18. The zero-order valence-electron chi connectivity index (χ0n) is 17.0. The SMILES string of the molecule is COc1ccc(OC)c(N([C@H](C)C(=O)NCCC2=CCCCC2)S(C)(=O)=O)c1. The minimum atomic E-state index is -3.74. The molecule has 2 rings (SSSR count). The molecule has 0 bridgehead atoms. The summed E-state index contributed by atoms with van der Waals surface area (Å²) < 4.78 is 36.6. The summed E-state index contributed by atoms with van der Waals surface area (Å²) in [4.78, 5) is 12.7. The van der Waals surface area contributed by atoms with Gasteiger partial charge in [0.05, 0.1) is 26.2 Å². The Morgan fingerprint density at radius 1 is 1.25 bits per heavy atom. The molecule has 0 spiro atoms. The Morgan fingerprint density at radius 2 is 2.00 bits per heavy atom. The Labute approximate surface area is 167 Å². The fourth-order valence-electron chi connectivity index (χ4n) is 3.38. The van der Waals surface area contributed by atoms with Crippen molar-refractivity contribution in [2.75, 3.05) is 31.3 Å². The summed E-state index contributed by atoms with van der Waals surface area (Å²) >= 11 is 0. The number of carbonyl (C=O) groups is 1. The zero-order valence-corrected chi connectivity index (χ0v) is 17.8. The number of hydrogen-bond donors (Lipinski definition) is 1. The van der Waals surface area contributed by atoms with E-state index in [0.717, 1.165) is 29.8 Å². The average Bonchev–Trinajstić information content (AvgIpc) is 2.67. The van der Waals surface area contributed by atoms with Gasteiger partial charge in [-0.3, -0.25) is 9.10 Å². The highest BCUT2D eigenvalue weighted by molar-refractivity contribution is 7.92. The highest BCUT2D eigenvalue weighted by atomic mass is 32.2. The highest BCUT2D eigenvalue weighted by Gasteiger charge is 2.31. The first-order valence-electron chi connectivity index (χ1n) is 9.45. The van der Waals surface area contributed by atoms with E-state index in [1.165, 1.54) is 32.6 Å². The fourth-order valence-corrected chi connectivity index (χ4v) is 4.55. The van der Waals surface area contributed by atoms with E-state index in [-0.39, 0.29) is 11.6 Å². The van der Waals surface area contributed by atoms with Crippen molar-refractivity contribution in [3.63, 3.8) is 0 Å². The van der Waals surface area contributed by atoms with Crippen molar-refractivity contribution >= 4 is 21.6 Å². The first-order chi connectivity index (χ1) is 13.3. The third-order valence-electron chi connectivity index (χ3n) is 4.84. The Hall–Kier alpha value is -2.22. The molecule has 28 heavy (non-hydrogen) atoms. The number of rotatable bonds is 9. The maximum atomic E-state index is 12.7. The summed E-state index contributed by atoms with van der Waals surface area (Å²) in [6, 6.07) is 3.91. The van der Waals surface area contributed by atoms with Crippen LogP contribution in [-0.2, 0) is 14.8 Å².